The van der Waals surface area contributed by atoms with E-state index < -0.39 is 6.10 Å². The molecule has 1 aromatic heterocycles. The molecule has 0 fully saturated rings. The van der Waals surface area contributed by atoms with Crippen molar-refractivity contribution in [3.8, 4) is 0 Å². The number of benzene rings is 2. The Morgan fingerprint density at radius 2 is 1.96 bits per heavy atom. The summed E-state index contributed by atoms with van der Waals surface area (Å²) >= 11 is 0. The Morgan fingerprint density at radius 1 is 1.15 bits per heavy atom. The normalized spacial score (nSPS) is 18.3. The van der Waals surface area contributed by atoms with Crippen molar-refractivity contribution < 1.29 is 9.90 Å². The van der Waals surface area contributed by atoms with E-state index in [1.165, 1.54) is 0 Å². The van der Waals surface area contributed by atoms with Crippen LogP contribution in [0, 0.1) is 0 Å². The van der Waals surface area contributed by atoms with Gasteiger partial charge in [-0.15, -0.1) is 0 Å². The molecule has 3 aromatic rings. The lowest BCUT2D eigenvalue weighted by Gasteiger charge is -2.18. The second kappa shape index (κ2) is 7.01. The van der Waals surface area contributed by atoms with E-state index in [0.717, 1.165) is 16.7 Å². The molecule has 6 nitrogen and oxygen atoms in total. The summed E-state index contributed by atoms with van der Waals surface area (Å²) in [6.07, 6.45) is 3.61. The highest BCUT2D eigenvalue weighted by Gasteiger charge is 2.31. The SMILES string of the molecule is O=C(Nc1ccc(Cn2cccn2)cc1)N[C@@H]1c2ccccc2C[C@@H]1O. The van der Waals surface area contributed by atoms with Crippen molar-refractivity contribution in [1.82, 2.24) is 15.1 Å². The molecule has 3 N–H and O–H groups in total. The van der Waals surface area contributed by atoms with Gasteiger partial charge in [0, 0.05) is 24.5 Å². The number of urea groups is 1. The topological polar surface area (TPSA) is 79.2 Å². The van der Waals surface area contributed by atoms with Crippen molar-refractivity contribution in [3.63, 3.8) is 0 Å². The monoisotopic (exact) mass is 348 g/mol. The van der Waals surface area contributed by atoms with Gasteiger partial charge in [-0.1, -0.05) is 36.4 Å². The number of nitrogens with one attached hydrogen (secondary N) is 2. The van der Waals surface area contributed by atoms with E-state index in [1.807, 2.05) is 65.5 Å². The molecule has 0 radical (unpaired) electrons. The highest BCUT2D eigenvalue weighted by atomic mass is 16.3. The van der Waals surface area contributed by atoms with Crippen molar-refractivity contribution >= 4 is 11.7 Å². The van der Waals surface area contributed by atoms with Gasteiger partial charge in [-0.3, -0.25) is 4.68 Å². The van der Waals surface area contributed by atoms with E-state index in [1.54, 1.807) is 6.20 Å². The lowest BCUT2D eigenvalue weighted by atomic mass is 10.1. The molecule has 0 saturated heterocycles. The van der Waals surface area contributed by atoms with E-state index >= 15 is 0 Å². The first-order chi connectivity index (χ1) is 12.7. The minimum absolute atomic E-state index is 0.328. The number of amides is 2. The molecule has 132 valence electrons. The van der Waals surface area contributed by atoms with Gasteiger partial charge in [-0.25, -0.2) is 4.79 Å². The summed E-state index contributed by atoms with van der Waals surface area (Å²) in [5.74, 6) is 0. The van der Waals surface area contributed by atoms with Crippen LogP contribution in [-0.4, -0.2) is 27.0 Å². The van der Waals surface area contributed by atoms with Gasteiger partial charge in [0.15, 0.2) is 0 Å². The van der Waals surface area contributed by atoms with E-state index in [0.29, 0.717) is 18.7 Å². The Hall–Kier alpha value is -3.12. The van der Waals surface area contributed by atoms with Crippen molar-refractivity contribution in [2.45, 2.75) is 25.1 Å². The molecule has 26 heavy (non-hydrogen) atoms. The smallest absolute Gasteiger partial charge is 0.319 e. The molecule has 4 rings (SSSR count). The third-order valence-electron chi connectivity index (χ3n) is 4.61. The highest BCUT2D eigenvalue weighted by Crippen LogP contribution is 2.31. The molecule has 6 heteroatoms. The van der Waals surface area contributed by atoms with Gasteiger partial charge in [0.2, 0.25) is 0 Å². The molecule has 2 amide bonds. The van der Waals surface area contributed by atoms with Crippen molar-refractivity contribution in [1.29, 1.82) is 0 Å². The Kier molecular flexibility index (Phi) is 4.41. The fourth-order valence-corrected chi connectivity index (χ4v) is 3.33. The fraction of sp³-hybridized carbons (Fsp3) is 0.200. The molecule has 0 saturated carbocycles. The summed E-state index contributed by atoms with van der Waals surface area (Å²) in [5, 5.41) is 20.1. The summed E-state index contributed by atoms with van der Waals surface area (Å²) in [5.41, 5.74) is 3.85. The first kappa shape index (κ1) is 16.4. The van der Waals surface area contributed by atoms with Gasteiger partial charge in [0.05, 0.1) is 18.7 Å². The number of fused-ring (bicyclic) bond motifs is 1. The van der Waals surface area contributed by atoms with Crippen molar-refractivity contribution in [2.24, 2.45) is 0 Å². The third kappa shape index (κ3) is 3.45. The van der Waals surface area contributed by atoms with Crippen LogP contribution in [0.3, 0.4) is 0 Å². The molecule has 2 atom stereocenters. The van der Waals surface area contributed by atoms with Crippen molar-refractivity contribution in [2.75, 3.05) is 5.32 Å². The molecule has 0 bridgehead atoms. The van der Waals surface area contributed by atoms with Crippen LogP contribution >= 0.6 is 0 Å². The number of carbonyl (C=O) groups is 1. The maximum Gasteiger partial charge on any atom is 0.319 e. The zero-order valence-electron chi connectivity index (χ0n) is 14.2. The summed E-state index contributed by atoms with van der Waals surface area (Å²) in [6.45, 7) is 0.685. The standard InChI is InChI=1S/C20H20N4O2/c25-18-12-15-4-1-2-5-17(15)19(18)23-20(26)22-16-8-6-14(7-9-16)13-24-11-3-10-21-24/h1-11,18-19,25H,12-13H2,(H2,22,23,26)/t18-,19+/m0/s1. The third-order valence-corrected chi connectivity index (χ3v) is 4.61. The van der Waals surface area contributed by atoms with Crippen LogP contribution in [0.25, 0.3) is 0 Å². The predicted molar refractivity (Wildman–Crippen MR) is 98.8 cm³/mol. The Bertz CT molecular complexity index is 890. The Balaban J connectivity index is 1.38. The molecular formula is C20H20N4O2. The molecule has 0 unspecified atom stereocenters. The average Bonchev–Trinajstić information content (AvgIpc) is 3.25. The predicted octanol–water partition coefficient (Wildman–Crippen LogP) is 2.71. The van der Waals surface area contributed by atoms with Gasteiger partial charge in [-0.05, 0) is 34.9 Å². The lowest BCUT2D eigenvalue weighted by Crippen LogP contribution is -2.36. The second-order valence-corrected chi connectivity index (χ2v) is 6.45. The number of carbonyl (C=O) groups excluding carboxylic acids is 1. The van der Waals surface area contributed by atoms with Crippen LogP contribution in [0.2, 0.25) is 0 Å². The number of hydrogen-bond donors (Lipinski definition) is 3. The summed E-state index contributed by atoms with van der Waals surface area (Å²) < 4.78 is 1.84. The quantitative estimate of drug-likeness (QED) is 0.678. The number of anilines is 1. The molecule has 0 spiro atoms. The fourth-order valence-electron chi connectivity index (χ4n) is 3.33. The van der Waals surface area contributed by atoms with Gasteiger partial charge in [0.25, 0.3) is 0 Å². The summed E-state index contributed by atoms with van der Waals surface area (Å²) in [7, 11) is 0. The number of aliphatic hydroxyl groups is 1. The molecule has 1 aliphatic carbocycles. The molecule has 1 aliphatic rings. The van der Waals surface area contributed by atoms with Crippen LogP contribution in [0.1, 0.15) is 22.7 Å². The van der Waals surface area contributed by atoms with Crippen LogP contribution in [-0.2, 0) is 13.0 Å². The van der Waals surface area contributed by atoms with Crippen molar-refractivity contribution in [3.05, 3.63) is 83.7 Å². The zero-order chi connectivity index (χ0) is 17.9. The molecular weight excluding hydrogens is 328 g/mol. The van der Waals surface area contributed by atoms with E-state index in [4.69, 9.17) is 0 Å². The number of aromatic nitrogens is 2. The molecule has 0 aliphatic heterocycles. The zero-order valence-corrected chi connectivity index (χ0v) is 14.2. The van der Waals surface area contributed by atoms with Gasteiger partial charge in [0.1, 0.15) is 0 Å². The summed E-state index contributed by atoms with van der Waals surface area (Å²) in [4.78, 5) is 12.3. The van der Waals surface area contributed by atoms with Crippen LogP contribution in [0.5, 0.6) is 0 Å². The second-order valence-electron chi connectivity index (χ2n) is 6.45. The largest absolute Gasteiger partial charge is 0.390 e. The van der Waals surface area contributed by atoms with E-state index in [2.05, 4.69) is 15.7 Å². The number of rotatable bonds is 4. The number of nitrogens with zero attached hydrogens (tertiary/aromatic N) is 2. The summed E-state index contributed by atoms with van der Waals surface area (Å²) in [6, 6.07) is 16.6. The number of aliphatic hydroxyl groups excluding tert-OH is 1. The molecule has 1 heterocycles. The average molecular weight is 348 g/mol. The maximum absolute atomic E-state index is 12.3. The Morgan fingerprint density at radius 3 is 2.73 bits per heavy atom. The van der Waals surface area contributed by atoms with Crippen LogP contribution in [0.15, 0.2) is 67.0 Å². The van der Waals surface area contributed by atoms with Gasteiger partial charge < -0.3 is 15.7 Å². The lowest BCUT2D eigenvalue weighted by molar-refractivity contribution is 0.144. The minimum Gasteiger partial charge on any atom is -0.390 e. The Labute approximate surface area is 151 Å². The maximum atomic E-state index is 12.3. The van der Waals surface area contributed by atoms with Gasteiger partial charge in [-0.2, -0.15) is 5.10 Å². The number of hydrogen-bond acceptors (Lipinski definition) is 3. The highest BCUT2D eigenvalue weighted by molar-refractivity contribution is 5.89. The van der Waals surface area contributed by atoms with Crippen LogP contribution in [0.4, 0.5) is 10.5 Å². The molecule has 2 aromatic carbocycles. The van der Waals surface area contributed by atoms with Crippen LogP contribution < -0.4 is 10.6 Å². The first-order valence-corrected chi connectivity index (χ1v) is 8.59. The van der Waals surface area contributed by atoms with Gasteiger partial charge >= 0.3 is 6.03 Å². The van der Waals surface area contributed by atoms with E-state index in [-0.39, 0.29) is 12.1 Å². The first-order valence-electron chi connectivity index (χ1n) is 8.59. The minimum atomic E-state index is -0.602. The van der Waals surface area contributed by atoms with E-state index in [9.17, 15) is 9.90 Å².